The van der Waals surface area contributed by atoms with Crippen LogP contribution in [0.15, 0.2) is 18.2 Å². The van der Waals surface area contributed by atoms with Crippen molar-refractivity contribution in [2.24, 2.45) is 0 Å². The van der Waals surface area contributed by atoms with Gasteiger partial charge >= 0.3 is 12.2 Å². The van der Waals surface area contributed by atoms with Gasteiger partial charge in [-0.25, -0.2) is 4.79 Å². The maximum atomic E-state index is 12.7. The molecule has 0 unspecified atom stereocenters. The molecule has 0 spiro atoms. The first-order chi connectivity index (χ1) is 12.1. The van der Waals surface area contributed by atoms with E-state index >= 15 is 0 Å². The van der Waals surface area contributed by atoms with Gasteiger partial charge in [0.25, 0.3) is 5.91 Å². The Bertz CT molecular complexity index is 778. The monoisotopic (exact) mass is 369 g/mol. The summed E-state index contributed by atoms with van der Waals surface area (Å²) in [4.78, 5) is 37.1. The average Bonchev–Trinajstić information content (AvgIpc) is 3.11. The number of benzene rings is 1. The highest BCUT2D eigenvalue weighted by Gasteiger charge is 2.49. The molecule has 1 aliphatic heterocycles. The van der Waals surface area contributed by atoms with Crippen molar-refractivity contribution in [3.63, 3.8) is 0 Å². The molecule has 1 aromatic carbocycles. The largest absolute Gasteiger partial charge is 0.405 e. The van der Waals surface area contributed by atoms with Crippen LogP contribution in [0, 0.1) is 0 Å². The number of carbonyl (C=O) groups excluding carboxylic acids is 3. The average molecular weight is 369 g/mol. The molecule has 1 saturated heterocycles. The Hall–Kier alpha value is -2.58. The maximum absolute atomic E-state index is 12.7. The predicted molar refractivity (Wildman–Crippen MR) is 85.1 cm³/mol. The molecule has 0 bridgehead atoms. The highest BCUT2D eigenvalue weighted by Crippen LogP contribution is 2.32. The quantitative estimate of drug-likeness (QED) is 0.792. The predicted octanol–water partition coefficient (Wildman–Crippen LogP) is 1.62. The Morgan fingerprint density at radius 3 is 2.65 bits per heavy atom. The van der Waals surface area contributed by atoms with E-state index in [1.54, 1.807) is 11.4 Å². The van der Waals surface area contributed by atoms with Crippen molar-refractivity contribution in [1.29, 1.82) is 0 Å². The van der Waals surface area contributed by atoms with Crippen LogP contribution >= 0.6 is 0 Å². The van der Waals surface area contributed by atoms with Gasteiger partial charge < -0.3 is 10.6 Å². The summed E-state index contributed by atoms with van der Waals surface area (Å²) in [5.74, 6) is -1.72. The van der Waals surface area contributed by atoms with Crippen LogP contribution in [0.2, 0.25) is 0 Å². The van der Waals surface area contributed by atoms with Crippen molar-refractivity contribution in [3.05, 3.63) is 34.9 Å². The molecule has 26 heavy (non-hydrogen) atoms. The summed E-state index contributed by atoms with van der Waals surface area (Å²) >= 11 is 0. The molecule has 0 saturated carbocycles. The van der Waals surface area contributed by atoms with Crippen LogP contribution in [-0.4, -0.2) is 42.0 Å². The molecule has 1 heterocycles. The van der Waals surface area contributed by atoms with E-state index in [-0.39, 0.29) is 0 Å². The number of aryl methyl sites for hydroxylation is 2. The summed E-state index contributed by atoms with van der Waals surface area (Å²) in [7, 11) is 0. The summed E-state index contributed by atoms with van der Waals surface area (Å²) in [6, 6.07) is 4.74. The lowest BCUT2D eigenvalue weighted by atomic mass is 9.89. The molecule has 6 nitrogen and oxygen atoms in total. The molecule has 0 aromatic heterocycles. The number of amides is 4. The summed E-state index contributed by atoms with van der Waals surface area (Å²) in [6.45, 7) is -0.754. The van der Waals surface area contributed by atoms with Crippen molar-refractivity contribution < 1.29 is 27.6 Å². The molecule has 1 aliphatic carbocycles. The van der Waals surface area contributed by atoms with Gasteiger partial charge in [0.2, 0.25) is 5.91 Å². The Kier molecular flexibility index (Phi) is 4.41. The van der Waals surface area contributed by atoms with Gasteiger partial charge in [-0.1, -0.05) is 18.2 Å². The second kappa shape index (κ2) is 6.30. The highest BCUT2D eigenvalue weighted by atomic mass is 19.4. The third kappa shape index (κ3) is 3.38. The minimum absolute atomic E-state index is 0.592. The van der Waals surface area contributed by atoms with Gasteiger partial charge in [0.05, 0.1) is 0 Å². The second-order valence-corrected chi connectivity index (χ2v) is 6.68. The lowest BCUT2D eigenvalue weighted by Crippen LogP contribution is -2.44. The van der Waals surface area contributed by atoms with E-state index in [1.165, 1.54) is 12.5 Å². The zero-order valence-corrected chi connectivity index (χ0v) is 14.1. The van der Waals surface area contributed by atoms with Crippen LogP contribution in [0.4, 0.5) is 18.0 Å². The van der Waals surface area contributed by atoms with E-state index in [0.717, 1.165) is 24.8 Å². The van der Waals surface area contributed by atoms with Crippen LogP contribution < -0.4 is 10.6 Å². The molecular weight excluding hydrogens is 351 g/mol. The Morgan fingerprint density at radius 2 is 1.96 bits per heavy atom. The van der Waals surface area contributed by atoms with E-state index in [1.807, 2.05) is 12.1 Å². The lowest BCUT2D eigenvalue weighted by molar-refractivity contribution is -0.141. The van der Waals surface area contributed by atoms with Crippen LogP contribution in [0.25, 0.3) is 0 Å². The molecular formula is C17H18F3N3O3. The Labute approximate surface area is 147 Å². The fraction of sp³-hybridized carbons (Fsp3) is 0.471. The van der Waals surface area contributed by atoms with Crippen LogP contribution in [0.3, 0.4) is 0 Å². The van der Waals surface area contributed by atoms with Gasteiger partial charge in [0.15, 0.2) is 0 Å². The number of alkyl halides is 3. The smallest absolute Gasteiger partial charge is 0.345 e. The first-order valence-electron chi connectivity index (χ1n) is 8.20. The number of hydrogen-bond acceptors (Lipinski definition) is 3. The van der Waals surface area contributed by atoms with Crippen molar-refractivity contribution >= 4 is 17.8 Å². The van der Waals surface area contributed by atoms with Crippen molar-refractivity contribution in [1.82, 2.24) is 15.5 Å². The third-order valence-corrected chi connectivity index (χ3v) is 4.74. The molecule has 4 amide bonds. The normalized spacial score (nSPS) is 22.4. The molecule has 2 N–H and O–H groups in total. The number of hydrogen-bond donors (Lipinski definition) is 2. The van der Waals surface area contributed by atoms with E-state index in [9.17, 15) is 27.6 Å². The van der Waals surface area contributed by atoms with Crippen LogP contribution in [0.1, 0.15) is 30.0 Å². The molecule has 140 valence electrons. The van der Waals surface area contributed by atoms with Gasteiger partial charge in [0.1, 0.15) is 18.6 Å². The fourth-order valence-corrected chi connectivity index (χ4v) is 3.32. The third-order valence-electron chi connectivity index (χ3n) is 4.74. The molecule has 3 rings (SSSR count). The first kappa shape index (κ1) is 18.2. The molecule has 1 aromatic rings. The summed E-state index contributed by atoms with van der Waals surface area (Å²) in [6.07, 6.45) is -1.67. The van der Waals surface area contributed by atoms with Gasteiger partial charge in [0, 0.05) is 0 Å². The maximum Gasteiger partial charge on any atom is 0.405 e. The fourth-order valence-electron chi connectivity index (χ4n) is 3.32. The zero-order valence-electron chi connectivity index (χ0n) is 14.1. The SMILES string of the molecule is C[C@@]1(c2ccc3c(c2)CCC3)NC(=O)N(CC(=O)NCC(F)(F)F)C1=O. The first-order valence-corrected chi connectivity index (χ1v) is 8.20. The van der Waals surface area contributed by atoms with E-state index in [0.29, 0.717) is 10.5 Å². The summed E-state index contributed by atoms with van der Waals surface area (Å²) in [5, 5.41) is 4.20. The number of halogens is 3. The number of nitrogens with one attached hydrogen (secondary N) is 2. The molecule has 0 radical (unpaired) electrons. The number of nitrogens with zero attached hydrogens (tertiary/aromatic N) is 1. The standard InChI is InChI=1S/C17H18F3N3O3/c1-16(12-6-5-10-3-2-4-11(10)7-12)14(25)23(15(26)22-16)8-13(24)21-9-17(18,19)20/h5-7H,2-4,8-9H2,1H3,(H,21,24)(H,22,26)/t16-/m0/s1. The number of rotatable bonds is 4. The van der Waals surface area contributed by atoms with E-state index in [4.69, 9.17) is 0 Å². The van der Waals surface area contributed by atoms with Gasteiger partial charge in [-0.05, 0) is 42.9 Å². The van der Waals surface area contributed by atoms with E-state index in [2.05, 4.69) is 5.32 Å². The zero-order chi connectivity index (χ0) is 19.1. The second-order valence-electron chi connectivity index (χ2n) is 6.68. The molecule has 1 atom stereocenters. The number of urea groups is 1. The van der Waals surface area contributed by atoms with Crippen LogP contribution in [0.5, 0.6) is 0 Å². The number of fused-ring (bicyclic) bond motifs is 1. The Morgan fingerprint density at radius 1 is 1.27 bits per heavy atom. The highest BCUT2D eigenvalue weighted by molar-refractivity contribution is 6.09. The topological polar surface area (TPSA) is 78.5 Å². The summed E-state index contributed by atoms with van der Waals surface area (Å²) < 4.78 is 36.5. The number of carbonyl (C=O) groups is 3. The van der Waals surface area contributed by atoms with Gasteiger partial charge in [-0.2, -0.15) is 13.2 Å². The van der Waals surface area contributed by atoms with Crippen molar-refractivity contribution in [2.45, 2.75) is 37.9 Å². The van der Waals surface area contributed by atoms with Crippen molar-refractivity contribution in [3.8, 4) is 0 Å². The van der Waals surface area contributed by atoms with Gasteiger partial charge in [-0.15, -0.1) is 0 Å². The Balaban J connectivity index is 1.74. The molecule has 2 aliphatic rings. The minimum Gasteiger partial charge on any atom is -0.345 e. The number of imide groups is 1. The minimum atomic E-state index is -4.56. The van der Waals surface area contributed by atoms with E-state index < -0.39 is 42.7 Å². The van der Waals surface area contributed by atoms with Crippen molar-refractivity contribution in [2.75, 3.05) is 13.1 Å². The molecule has 9 heteroatoms. The van der Waals surface area contributed by atoms with Gasteiger partial charge in [-0.3, -0.25) is 14.5 Å². The van der Waals surface area contributed by atoms with Crippen LogP contribution in [-0.2, 0) is 28.0 Å². The molecule has 1 fully saturated rings. The summed E-state index contributed by atoms with van der Waals surface area (Å²) in [5.41, 5.74) is 1.57. The lowest BCUT2D eigenvalue weighted by Gasteiger charge is -2.23.